The van der Waals surface area contributed by atoms with Gasteiger partial charge in [-0.05, 0) is 94.0 Å². The lowest BCUT2D eigenvalue weighted by Gasteiger charge is -2.35. The molecule has 40 heavy (non-hydrogen) atoms. The molecule has 5 rings (SSSR count). The standard InChI is InChI=1S/C30H37N5O4S/c1-21(2)39-29-10-8-25(40(37,38)33-19-22-5-6-22)17-27(29)30(36)35-14-12-34(13-15-35)11-3-4-24-20-32-28-9-7-23(18-31)16-26(24)28/h7-10,16-17,20-22,32-33H,3-6,11-15,19H2,1-2H3. The lowest BCUT2D eigenvalue weighted by atomic mass is 10.1. The molecule has 0 spiro atoms. The molecule has 2 N–H and O–H groups in total. The van der Waals surface area contributed by atoms with Crippen LogP contribution in [0.15, 0.2) is 47.5 Å². The third-order valence-corrected chi connectivity index (χ3v) is 9.01. The molecule has 0 unspecified atom stereocenters. The van der Waals surface area contributed by atoms with Crippen molar-refractivity contribution >= 4 is 26.8 Å². The van der Waals surface area contributed by atoms with Crippen LogP contribution < -0.4 is 9.46 Å². The Bertz CT molecular complexity index is 1510. The number of benzene rings is 2. The first-order valence-corrected chi connectivity index (χ1v) is 15.5. The fourth-order valence-electron chi connectivity index (χ4n) is 5.13. The van der Waals surface area contributed by atoms with E-state index in [1.165, 1.54) is 17.7 Å². The van der Waals surface area contributed by atoms with Crippen LogP contribution in [0.25, 0.3) is 10.9 Å². The maximum absolute atomic E-state index is 13.6. The number of aromatic nitrogens is 1. The number of aromatic amines is 1. The molecule has 9 nitrogen and oxygen atoms in total. The summed E-state index contributed by atoms with van der Waals surface area (Å²) < 4.78 is 34.3. The molecule has 1 saturated carbocycles. The summed E-state index contributed by atoms with van der Waals surface area (Å²) in [6.07, 6.45) is 5.84. The number of hydrogen-bond donors (Lipinski definition) is 2. The quantitative estimate of drug-likeness (QED) is 0.365. The molecule has 0 bridgehead atoms. The van der Waals surface area contributed by atoms with E-state index in [0.29, 0.717) is 36.9 Å². The zero-order valence-electron chi connectivity index (χ0n) is 23.2. The molecule has 1 aliphatic carbocycles. The number of amides is 1. The summed E-state index contributed by atoms with van der Waals surface area (Å²) in [5.74, 6) is 0.609. The van der Waals surface area contributed by atoms with Gasteiger partial charge >= 0.3 is 0 Å². The first-order valence-electron chi connectivity index (χ1n) is 14.1. The Morgan fingerprint density at radius 2 is 1.93 bits per heavy atom. The van der Waals surface area contributed by atoms with Gasteiger partial charge in [0.15, 0.2) is 0 Å². The van der Waals surface area contributed by atoms with Crippen molar-refractivity contribution in [3.63, 3.8) is 0 Å². The molecule has 212 valence electrons. The van der Waals surface area contributed by atoms with Crippen molar-refractivity contribution in [1.29, 1.82) is 5.26 Å². The number of sulfonamides is 1. The molecule has 0 radical (unpaired) electrons. The Labute approximate surface area is 236 Å². The van der Waals surface area contributed by atoms with Gasteiger partial charge in [0.1, 0.15) is 5.75 Å². The van der Waals surface area contributed by atoms with E-state index < -0.39 is 10.0 Å². The number of carbonyl (C=O) groups excluding carboxylic acids is 1. The zero-order valence-corrected chi connectivity index (χ0v) is 24.0. The van der Waals surface area contributed by atoms with E-state index in [0.717, 1.165) is 56.2 Å². The summed E-state index contributed by atoms with van der Waals surface area (Å²) in [5.41, 5.74) is 3.19. The molecule has 3 aromatic rings. The summed E-state index contributed by atoms with van der Waals surface area (Å²) >= 11 is 0. The number of aryl methyl sites for hydroxylation is 1. The van der Waals surface area contributed by atoms with Gasteiger partial charge in [-0.1, -0.05) is 0 Å². The Kier molecular flexibility index (Phi) is 8.45. The molecule has 0 atom stereocenters. The highest BCUT2D eigenvalue weighted by molar-refractivity contribution is 7.89. The lowest BCUT2D eigenvalue weighted by Crippen LogP contribution is -2.49. The average molecular weight is 564 g/mol. The fourth-order valence-corrected chi connectivity index (χ4v) is 6.27. The number of nitriles is 1. The molecular formula is C30H37N5O4S. The van der Waals surface area contributed by atoms with Crippen LogP contribution in [0.1, 0.15) is 54.6 Å². The maximum Gasteiger partial charge on any atom is 0.257 e. The Hall–Kier alpha value is -3.39. The molecule has 1 aromatic heterocycles. The average Bonchev–Trinajstić information content (AvgIpc) is 3.70. The predicted octanol–water partition coefficient (Wildman–Crippen LogP) is 3.91. The molecule has 2 aromatic carbocycles. The van der Waals surface area contributed by atoms with E-state index in [4.69, 9.17) is 4.74 Å². The van der Waals surface area contributed by atoms with Gasteiger partial charge in [0.25, 0.3) is 5.91 Å². The second-order valence-corrected chi connectivity index (χ2v) is 12.8. The van der Waals surface area contributed by atoms with Gasteiger partial charge in [-0.3, -0.25) is 9.69 Å². The van der Waals surface area contributed by atoms with Crippen molar-refractivity contribution in [2.45, 2.75) is 50.5 Å². The van der Waals surface area contributed by atoms with Crippen LogP contribution in [-0.2, 0) is 16.4 Å². The summed E-state index contributed by atoms with van der Waals surface area (Å²) in [5, 5.41) is 10.3. The van der Waals surface area contributed by atoms with Crippen molar-refractivity contribution in [3.8, 4) is 11.8 Å². The van der Waals surface area contributed by atoms with Gasteiger partial charge in [0, 0.05) is 49.8 Å². The van der Waals surface area contributed by atoms with Crippen LogP contribution in [0.4, 0.5) is 0 Å². The van der Waals surface area contributed by atoms with Crippen LogP contribution in [0.3, 0.4) is 0 Å². The van der Waals surface area contributed by atoms with Crippen molar-refractivity contribution in [2.75, 3.05) is 39.3 Å². The minimum Gasteiger partial charge on any atom is -0.490 e. The molecule has 10 heteroatoms. The predicted molar refractivity (Wildman–Crippen MR) is 154 cm³/mol. The first kappa shape index (κ1) is 28.1. The number of carbonyl (C=O) groups is 1. The molecule has 2 aliphatic rings. The molecule has 1 aliphatic heterocycles. The second kappa shape index (κ2) is 12.0. The molecule has 2 fully saturated rings. The van der Waals surface area contributed by atoms with E-state index >= 15 is 0 Å². The summed E-state index contributed by atoms with van der Waals surface area (Å²) in [4.78, 5) is 21.1. The van der Waals surface area contributed by atoms with Crippen molar-refractivity contribution < 1.29 is 17.9 Å². The Balaban J connectivity index is 1.19. The minimum atomic E-state index is -3.71. The highest BCUT2D eigenvalue weighted by atomic mass is 32.2. The monoisotopic (exact) mass is 563 g/mol. The summed E-state index contributed by atoms with van der Waals surface area (Å²) in [6.45, 7) is 7.74. The Morgan fingerprint density at radius 3 is 2.62 bits per heavy atom. The van der Waals surface area contributed by atoms with E-state index in [2.05, 4.69) is 20.7 Å². The number of H-pyrrole nitrogens is 1. The van der Waals surface area contributed by atoms with Crippen LogP contribution >= 0.6 is 0 Å². The smallest absolute Gasteiger partial charge is 0.257 e. The van der Waals surface area contributed by atoms with Gasteiger partial charge in [0.2, 0.25) is 10.0 Å². The molecular weight excluding hydrogens is 526 g/mol. The highest BCUT2D eigenvalue weighted by Gasteiger charge is 2.28. The number of nitrogens with zero attached hydrogens (tertiary/aromatic N) is 3. The Morgan fingerprint density at radius 1 is 1.15 bits per heavy atom. The number of piperazine rings is 1. The van der Waals surface area contributed by atoms with Crippen molar-refractivity contribution in [2.24, 2.45) is 5.92 Å². The maximum atomic E-state index is 13.6. The number of hydrogen-bond acceptors (Lipinski definition) is 6. The number of ether oxygens (including phenoxy) is 1. The zero-order chi connectivity index (χ0) is 28.3. The summed E-state index contributed by atoms with van der Waals surface area (Å²) in [7, 11) is -3.71. The molecule has 1 amide bonds. The van der Waals surface area contributed by atoms with Gasteiger partial charge in [0.05, 0.1) is 28.2 Å². The van der Waals surface area contributed by atoms with Crippen LogP contribution in [0.5, 0.6) is 5.75 Å². The van der Waals surface area contributed by atoms with Crippen LogP contribution in [0, 0.1) is 17.2 Å². The number of fused-ring (bicyclic) bond motifs is 1. The first-order chi connectivity index (χ1) is 19.2. The minimum absolute atomic E-state index is 0.0883. The van der Waals surface area contributed by atoms with Gasteiger partial charge in [-0.25, -0.2) is 13.1 Å². The third-order valence-electron chi connectivity index (χ3n) is 7.59. The van der Waals surface area contributed by atoms with E-state index in [9.17, 15) is 18.5 Å². The van der Waals surface area contributed by atoms with Crippen molar-refractivity contribution in [1.82, 2.24) is 19.5 Å². The van der Waals surface area contributed by atoms with Gasteiger partial charge < -0.3 is 14.6 Å². The third kappa shape index (κ3) is 6.66. The van der Waals surface area contributed by atoms with E-state index in [1.54, 1.807) is 11.0 Å². The van der Waals surface area contributed by atoms with Crippen LogP contribution in [-0.4, -0.2) is 74.5 Å². The normalized spacial score (nSPS) is 16.4. The second-order valence-electron chi connectivity index (χ2n) is 11.0. The van der Waals surface area contributed by atoms with E-state index in [-0.39, 0.29) is 22.5 Å². The number of rotatable bonds is 11. The van der Waals surface area contributed by atoms with Crippen molar-refractivity contribution in [3.05, 3.63) is 59.3 Å². The number of nitrogens with one attached hydrogen (secondary N) is 2. The molecule has 2 heterocycles. The fraction of sp³-hybridized carbons (Fsp3) is 0.467. The largest absolute Gasteiger partial charge is 0.490 e. The van der Waals surface area contributed by atoms with Gasteiger partial charge in [-0.2, -0.15) is 5.26 Å². The lowest BCUT2D eigenvalue weighted by molar-refractivity contribution is 0.0630. The summed E-state index contributed by atoms with van der Waals surface area (Å²) in [6, 6.07) is 12.5. The van der Waals surface area contributed by atoms with E-state index in [1.807, 2.05) is 38.2 Å². The van der Waals surface area contributed by atoms with Crippen LogP contribution in [0.2, 0.25) is 0 Å². The molecule has 1 saturated heterocycles. The van der Waals surface area contributed by atoms with Gasteiger partial charge in [-0.15, -0.1) is 0 Å². The topological polar surface area (TPSA) is 119 Å². The SMILES string of the molecule is CC(C)Oc1ccc(S(=O)(=O)NCC2CC2)cc1C(=O)N1CCN(CCCc2c[nH]c3ccc(C#N)cc23)CC1. The highest BCUT2D eigenvalue weighted by Crippen LogP contribution is 2.29.